The first-order chi connectivity index (χ1) is 12.9. The van der Waals surface area contributed by atoms with Crippen molar-refractivity contribution in [3.8, 4) is 0 Å². The molecule has 0 atom stereocenters. The third-order valence-electron chi connectivity index (χ3n) is 5.52. The molecule has 2 N–H and O–H groups in total. The fourth-order valence-corrected chi connectivity index (χ4v) is 3.98. The number of aryl methyl sites for hydroxylation is 1. The summed E-state index contributed by atoms with van der Waals surface area (Å²) in [4.78, 5) is 26.3. The van der Waals surface area contributed by atoms with Gasteiger partial charge < -0.3 is 10.3 Å². The standard InChI is InChI=1S/C21H26ClN3O2/c1-14-11-18(15(2)25(14)12-17-5-3-4-6-19(17)22)20(26)13-24-9-7-16(8-10-24)21(23)27/h3-6,11,16H,7-10,12-13H2,1-2H3,(H2,23,27). The molecule has 0 spiro atoms. The molecule has 3 rings (SSSR count). The number of rotatable bonds is 6. The fraction of sp³-hybridized carbons (Fsp3) is 0.429. The molecule has 1 amide bonds. The van der Waals surface area contributed by atoms with E-state index in [2.05, 4.69) is 9.47 Å². The maximum atomic E-state index is 12.9. The lowest BCUT2D eigenvalue weighted by atomic mass is 9.96. The topological polar surface area (TPSA) is 68.3 Å². The van der Waals surface area contributed by atoms with Crippen LogP contribution in [0.2, 0.25) is 5.02 Å². The molecule has 1 aromatic heterocycles. The number of nitrogens with zero attached hydrogens (tertiary/aromatic N) is 2. The number of carbonyl (C=O) groups excluding carboxylic acids is 2. The molecule has 1 aliphatic heterocycles. The zero-order chi connectivity index (χ0) is 19.6. The smallest absolute Gasteiger partial charge is 0.220 e. The minimum atomic E-state index is -0.232. The third-order valence-corrected chi connectivity index (χ3v) is 5.89. The van der Waals surface area contributed by atoms with Crippen LogP contribution in [0.1, 0.15) is 40.2 Å². The van der Waals surface area contributed by atoms with E-state index in [0.29, 0.717) is 13.1 Å². The number of hydrogen-bond donors (Lipinski definition) is 1. The molecule has 0 bridgehead atoms. The number of nitrogens with two attached hydrogens (primary N) is 1. The molecular formula is C21H26ClN3O2. The van der Waals surface area contributed by atoms with Gasteiger partial charge in [-0.25, -0.2) is 0 Å². The molecule has 1 saturated heterocycles. The second kappa shape index (κ2) is 8.28. The van der Waals surface area contributed by atoms with Gasteiger partial charge in [0.25, 0.3) is 0 Å². The van der Waals surface area contributed by atoms with Gasteiger partial charge in [0, 0.05) is 34.4 Å². The molecule has 0 aliphatic carbocycles. The Kier molecular flexibility index (Phi) is 6.02. The van der Waals surface area contributed by atoms with Gasteiger partial charge in [0.05, 0.1) is 6.54 Å². The Balaban J connectivity index is 1.70. The number of ketones is 1. The molecule has 0 radical (unpaired) electrons. The molecule has 5 nitrogen and oxygen atoms in total. The van der Waals surface area contributed by atoms with E-state index in [-0.39, 0.29) is 17.6 Å². The Morgan fingerprint density at radius 2 is 1.85 bits per heavy atom. The maximum absolute atomic E-state index is 12.9. The lowest BCUT2D eigenvalue weighted by molar-refractivity contribution is -0.123. The minimum absolute atomic E-state index is 0.0583. The number of hydrogen-bond acceptors (Lipinski definition) is 3. The van der Waals surface area contributed by atoms with Crippen molar-refractivity contribution in [3.63, 3.8) is 0 Å². The summed E-state index contributed by atoms with van der Waals surface area (Å²) in [6, 6.07) is 9.73. The van der Waals surface area contributed by atoms with Crippen molar-refractivity contribution < 1.29 is 9.59 Å². The molecule has 0 saturated carbocycles. The molecule has 0 unspecified atom stereocenters. The molecular weight excluding hydrogens is 362 g/mol. The van der Waals surface area contributed by atoms with Crippen LogP contribution in [0.25, 0.3) is 0 Å². The number of likely N-dealkylation sites (tertiary alicyclic amines) is 1. The number of piperidine rings is 1. The van der Waals surface area contributed by atoms with Crippen molar-refractivity contribution in [2.75, 3.05) is 19.6 Å². The summed E-state index contributed by atoms with van der Waals surface area (Å²) in [6.45, 7) is 6.49. The van der Waals surface area contributed by atoms with Gasteiger partial charge in [0.2, 0.25) is 5.91 Å². The molecule has 6 heteroatoms. The van der Waals surface area contributed by atoms with Gasteiger partial charge in [-0.1, -0.05) is 29.8 Å². The van der Waals surface area contributed by atoms with Crippen LogP contribution in [0.3, 0.4) is 0 Å². The van der Waals surface area contributed by atoms with Crippen molar-refractivity contribution in [2.24, 2.45) is 11.7 Å². The fourth-order valence-electron chi connectivity index (χ4n) is 3.79. The van der Waals surface area contributed by atoms with Gasteiger partial charge >= 0.3 is 0 Å². The van der Waals surface area contributed by atoms with E-state index in [9.17, 15) is 9.59 Å². The second-order valence-electron chi connectivity index (χ2n) is 7.34. The quantitative estimate of drug-likeness (QED) is 0.774. The summed E-state index contributed by atoms with van der Waals surface area (Å²) in [6.07, 6.45) is 1.46. The average molecular weight is 388 g/mol. The van der Waals surface area contributed by atoms with Crippen molar-refractivity contribution in [2.45, 2.75) is 33.2 Å². The highest BCUT2D eigenvalue weighted by Gasteiger charge is 2.25. The Labute approximate surface area is 165 Å². The van der Waals surface area contributed by atoms with Crippen LogP contribution in [-0.2, 0) is 11.3 Å². The van der Waals surface area contributed by atoms with E-state index in [4.69, 9.17) is 17.3 Å². The van der Waals surface area contributed by atoms with Crippen LogP contribution < -0.4 is 5.73 Å². The van der Waals surface area contributed by atoms with Crippen LogP contribution in [0.4, 0.5) is 0 Å². The van der Waals surface area contributed by atoms with Crippen LogP contribution in [0.15, 0.2) is 30.3 Å². The van der Waals surface area contributed by atoms with Crippen LogP contribution in [0.5, 0.6) is 0 Å². The molecule has 1 fully saturated rings. The molecule has 2 aromatic rings. The van der Waals surface area contributed by atoms with Gasteiger partial charge in [-0.2, -0.15) is 0 Å². The number of carbonyl (C=O) groups is 2. The normalized spacial score (nSPS) is 15.8. The van der Waals surface area contributed by atoms with E-state index in [1.54, 1.807) is 0 Å². The Bertz CT molecular complexity index is 851. The summed E-state index contributed by atoms with van der Waals surface area (Å²) in [5.41, 5.74) is 9.18. The lowest BCUT2D eigenvalue weighted by Gasteiger charge is -2.29. The molecule has 2 heterocycles. The number of Topliss-reactive ketones (excluding diaryl/α,β-unsaturated/α-hetero) is 1. The van der Waals surface area contributed by atoms with Gasteiger partial charge in [0.15, 0.2) is 5.78 Å². The predicted octanol–water partition coefficient (Wildman–Crippen LogP) is 3.19. The van der Waals surface area contributed by atoms with Crippen molar-refractivity contribution in [1.82, 2.24) is 9.47 Å². The van der Waals surface area contributed by atoms with E-state index in [0.717, 1.165) is 53.5 Å². The first kappa shape index (κ1) is 19.6. The first-order valence-electron chi connectivity index (χ1n) is 9.32. The minimum Gasteiger partial charge on any atom is -0.369 e. The summed E-state index contributed by atoms with van der Waals surface area (Å²) < 4.78 is 2.13. The Morgan fingerprint density at radius 3 is 2.48 bits per heavy atom. The monoisotopic (exact) mass is 387 g/mol. The number of primary amides is 1. The van der Waals surface area contributed by atoms with Gasteiger partial charge in [0.1, 0.15) is 0 Å². The van der Waals surface area contributed by atoms with E-state index in [1.165, 1.54) is 0 Å². The number of halogens is 1. The van der Waals surface area contributed by atoms with Gasteiger partial charge in [-0.15, -0.1) is 0 Å². The largest absolute Gasteiger partial charge is 0.369 e. The highest BCUT2D eigenvalue weighted by Crippen LogP contribution is 2.23. The Hall–Kier alpha value is -2.11. The van der Waals surface area contributed by atoms with E-state index < -0.39 is 0 Å². The SMILES string of the molecule is Cc1cc(C(=O)CN2CCC(C(N)=O)CC2)c(C)n1Cc1ccccc1Cl. The number of aromatic nitrogens is 1. The highest BCUT2D eigenvalue weighted by molar-refractivity contribution is 6.31. The first-order valence-corrected chi connectivity index (χ1v) is 9.69. The molecule has 144 valence electrons. The van der Waals surface area contributed by atoms with E-state index in [1.807, 2.05) is 44.2 Å². The number of benzene rings is 1. The van der Waals surface area contributed by atoms with Crippen molar-refractivity contribution >= 4 is 23.3 Å². The average Bonchev–Trinajstić information content (AvgIpc) is 2.92. The summed E-state index contributed by atoms with van der Waals surface area (Å²) in [7, 11) is 0. The molecule has 1 aliphatic rings. The predicted molar refractivity (Wildman–Crippen MR) is 107 cm³/mol. The van der Waals surface area contributed by atoms with Crippen LogP contribution in [0, 0.1) is 19.8 Å². The van der Waals surface area contributed by atoms with Crippen LogP contribution >= 0.6 is 11.6 Å². The molecule has 1 aromatic carbocycles. The summed E-state index contributed by atoms with van der Waals surface area (Å²) >= 11 is 6.29. The highest BCUT2D eigenvalue weighted by atomic mass is 35.5. The summed E-state index contributed by atoms with van der Waals surface area (Å²) in [5, 5.41) is 0.732. The second-order valence-corrected chi connectivity index (χ2v) is 7.75. The van der Waals surface area contributed by atoms with Crippen LogP contribution in [-0.4, -0.2) is 40.8 Å². The zero-order valence-electron chi connectivity index (χ0n) is 15.9. The van der Waals surface area contributed by atoms with Gasteiger partial charge in [-0.05, 0) is 57.5 Å². The Morgan fingerprint density at radius 1 is 1.19 bits per heavy atom. The van der Waals surface area contributed by atoms with E-state index >= 15 is 0 Å². The zero-order valence-corrected chi connectivity index (χ0v) is 16.6. The van der Waals surface area contributed by atoms with Crippen molar-refractivity contribution in [3.05, 3.63) is 57.9 Å². The maximum Gasteiger partial charge on any atom is 0.220 e. The number of amides is 1. The lowest BCUT2D eigenvalue weighted by Crippen LogP contribution is -2.40. The van der Waals surface area contributed by atoms with Gasteiger partial charge in [-0.3, -0.25) is 14.5 Å². The van der Waals surface area contributed by atoms with Crippen molar-refractivity contribution in [1.29, 1.82) is 0 Å². The third kappa shape index (κ3) is 4.42. The molecule has 27 heavy (non-hydrogen) atoms. The summed E-state index contributed by atoms with van der Waals surface area (Å²) in [5.74, 6) is -0.174.